The van der Waals surface area contributed by atoms with Crippen LogP contribution in [-0.4, -0.2) is 12.9 Å². The van der Waals surface area contributed by atoms with Crippen LogP contribution in [0.2, 0.25) is 0 Å². The number of hydrogen-bond donors (Lipinski definition) is 1. The molecule has 0 saturated heterocycles. The fourth-order valence-corrected chi connectivity index (χ4v) is 1.44. The molecule has 0 aromatic heterocycles. The van der Waals surface area contributed by atoms with E-state index in [1.807, 2.05) is 30.4 Å². The number of hydrogen-bond acceptors (Lipinski definition) is 2. The average Bonchev–Trinajstić information content (AvgIpc) is 2.17. The molecule has 0 aliphatic carbocycles. The number of benzene rings is 1. The summed E-state index contributed by atoms with van der Waals surface area (Å²) in [4.78, 5) is 0. The van der Waals surface area contributed by atoms with E-state index in [1.54, 1.807) is 7.11 Å². The summed E-state index contributed by atoms with van der Waals surface area (Å²) in [5.41, 5.74) is 1.11. The predicted molar refractivity (Wildman–Crippen MR) is 63.6 cm³/mol. The third-order valence-corrected chi connectivity index (χ3v) is 2.54. The van der Waals surface area contributed by atoms with Gasteiger partial charge in [0.05, 0.1) is 7.11 Å². The number of halogens is 1. The Morgan fingerprint density at radius 2 is 2.31 bits per heavy atom. The van der Waals surface area contributed by atoms with Crippen LogP contribution in [0.4, 0.5) is 0 Å². The second-order valence-corrected chi connectivity index (χ2v) is 3.69. The zero-order valence-electron chi connectivity index (χ0n) is 7.33. The Morgan fingerprint density at radius 3 is 2.92 bits per heavy atom. The highest BCUT2D eigenvalue weighted by molar-refractivity contribution is 9.10. The molecule has 0 N–H and O–H groups in total. The van der Waals surface area contributed by atoms with E-state index >= 15 is 0 Å². The number of thiol groups is 1. The summed E-state index contributed by atoms with van der Waals surface area (Å²) in [6.07, 6.45) is 4.00. The Balaban J connectivity index is 2.97. The minimum atomic E-state index is 0.740. The van der Waals surface area contributed by atoms with Crippen LogP contribution >= 0.6 is 28.6 Å². The highest BCUT2D eigenvalue weighted by Gasteiger charge is 1.97. The molecule has 0 saturated carbocycles. The number of rotatable bonds is 3. The van der Waals surface area contributed by atoms with Gasteiger partial charge in [0, 0.05) is 10.2 Å². The van der Waals surface area contributed by atoms with E-state index in [1.165, 1.54) is 0 Å². The Morgan fingerprint density at radius 1 is 1.54 bits per heavy atom. The van der Waals surface area contributed by atoms with Crippen LogP contribution in [0, 0.1) is 0 Å². The van der Waals surface area contributed by atoms with E-state index in [0.29, 0.717) is 0 Å². The lowest BCUT2D eigenvalue weighted by Crippen LogP contribution is -1.84. The predicted octanol–water partition coefficient (Wildman–Crippen LogP) is 3.40. The van der Waals surface area contributed by atoms with Crippen LogP contribution in [0.15, 0.2) is 28.7 Å². The van der Waals surface area contributed by atoms with E-state index in [0.717, 1.165) is 21.5 Å². The first-order valence-electron chi connectivity index (χ1n) is 3.89. The smallest absolute Gasteiger partial charge is 0.119 e. The van der Waals surface area contributed by atoms with Crippen molar-refractivity contribution in [3.63, 3.8) is 0 Å². The molecule has 70 valence electrons. The normalized spacial score (nSPS) is 10.7. The molecule has 1 aromatic carbocycles. The van der Waals surface area contributed by atoms with Gasteiger partial charge in [-0.15, -0.1) is 0 Å². The summed E-state index contributed by atoms with van der Waals surface area (Å²) in [6.45, 7) is 0. The van der Waals surface area contributed by atoms with E-state index in [2.05, 4.69) is 28.6 Å². The van der Waals surface area contributed by atoms with E-state index < -0.39 is 0 Å². The Bertz CT molecular complexity index is 310. The van der Waals surface area contributed by atoms with Crippen LogP contribution in [0.1, 0.15) is 5.56 Å². The van der Waals surface area contributed by atoms with E-state index in [4.69, 9.17) is 4.74 Å². The van der Waals surface area contributed by atoms with Crippen molar-refractivity contribution in [3.8, 4) is 5.75 Å². The molecule has 3 heteroatoms. The molecule has 1 nitrogen and oxygen atoms in total. The van der Waals surface area contributed by atoms with Crippen LogP contribution in [0.3, 0.4) is 0 Å². The van der Waals surface area contributed by atoms with Crippen molar-refractivity contribution in [2.75, 3.05) is 12.9 Å². The SMILES string of the molecule is COc1ccc(Br)c(C=CCS)c1. The standard InChI is InChI=1S/C10H11BrOS/c1-12-9-4-5-10(11)8(7-9)3-2-6-13/h2-5,7,13H,6H2,1H3. The molecular weight excluding hydrogens is 248 g/mol. The van der Waals surface area contributed by atoms with Crippen molar-refractivity contribution >= 4 is 34.6 Å². The van der Waals surface area contributed by atoms with Crippen LogP contribution in [-0.2, 0) is 0 Å². The van der Waals surface area contributed by atoms with Crippen molar-refractivity contribution in [2.45, 2.75) is 0 Å². The van der Waals surface area contributed by atoms with Crippen molar-refractivity contribution in [2.24, 2.45) is 0 Å². The van der Waals surface area contributed by atoms with Crippen molar-refractivity contribution < 1.29 is 4.74 Å². The first kappa shape index (κ1) is 10.7. The second kappa shape index (κ2) is 5.35. The highest BCUT2D eigenvalue weighted by Crippen LogP contribution is 2.23. The number of ether oxygens (including phenoxy) is 1. The molecular formula is C10H11BrOS. The molecule has 0 spiro atoms. The maximum absolute atomic E-state index is 5.12. The summed E-state index contributed by atoms with van der Waals surface area (Å²) in [6, 6.07) is 5.86. The summed E-state index contributed by atoms with van der Waals surface area (Å²) >= 11 is 7.56. The fourth-order valence-electron chi connectivity index (χ4n) is 0.956. The molecule has 0 radical (unpaired) electrons. The summed E-state index contributed by atoms with van der Waals surface area (Å²) in [5, 5.41) is 0. The maximum atomic E-state index is 5.12. The van der Waals surface area contributed by atoms with Gasteiger partial charge in [-0.05, 0) is 23.8 Å². The Hall–Kier alpha value is -0.410. The highest BCUT2D eigenvalue weighted by atomic mass is 79.9. The number of methoxy groups -OCH3 is 1. The summed E-state index contributed by atoms with van der Waals surface area (Å²) in [5.74, 6) is 1.60. The quantitative estimate of drug-likeness (QED) is 0.818. The van der Waals surface area contributed by atoms with Crippen LogP contribution in [0.25, 0.3) is 6.08 Å². The molecule has 0 amide bonds. The maximum Gasteiger partial charge on any atom is 0.119 e. The third kappa shape index (κ3) is 3.08. The minimum Gasteiger partial charge on any atom is -0.497 e. The average molecular weight is 259 g/mol. The van der Waals surface area contributed by atoms with Crippen LogP contribution < -0.4 is 4.74 Å². The van der Waals surface area contributed by atoms with Gasteiger partial charge in [-0.2, -0.15) is 12.6 Å². The molecule has 0 aliphatic rings. The largest absolute Gasteiger partial charge is 0.497 e. The third-order valence-electron chi connectivity index (χ3n) is 1.61. The van der Waals surface area contributed by atoms with Crippen molar-refractivity contribution in [1.82, 2.24) is 0 Å². The lowest BCUT2D eigenvalue weighted by Gasteiger charge is -2.02. The van der Waals surface area contributed by atoms with Gasteiger partial charge in [0.25, 0.3) is 0 Å². The van der Waals surface area contributed by atoms with E-state index in [-0.39, 0.29) is 0 Å². The Kier molecular flexibility index (Phi) is 4.39. The first-order chi connectivity index (χ1) is 6.27. The molecule has 0 fully saturated rings. The van der Waals surface area contributed by atoms with Crippen molar-refractivity contribution in [3.05, 3.63) is 34.3 Å². The van der Waals surface area contributed by atoms with Gasteiger partial charge in [-0.1, -0.05) is 28.1 Å². The lowest BCUT2D eigenvalue weighted by molar-refractivity contribution is 0.414. The van der Waals surface area contributed by atoms with Gasteiger partial charge >= 0.3 is 0 Å². The monoisotopic (exact) mass is 258 g/mol. The topological polar surface area (TPSA) is 9.23 Å². The summed E-state index contributed by atoms with van der Waals surface area (Å²) < 4.78 is 6.18. The minimum absolute atomic E-state index is 0.740. The zero-order chi connectivity index (χ0) is 9.68. The fraction of sp³-hybridized carbons (Fsp3) is 0.200. The van der Waals surface area contributed by atoms with Gasteiger partial charge in [0.1, 0.15) is 5.75 Å². The Labute approximate surface area is 92.3 Å². The molecule has 13 heavy (non-hydrogen) atoms. The summed E-state index contributed by atoms with van der Waals surface area (Å²) in [7, 11) is 1.66. The zero-order valence-corrected chi connectivity index (χ0v) is 9.81. The molecule has 0 unspecified atom stereocenters. The molecule has 1 rings (SSSR count). The lowest BCUT2D eigenvalue weighted by atomic mass is 10.2. The van der Waals surface area contributed by atoms with Crippen molar-refractivity contribution in [1.29, 1.82) is 0 Å². The second-order valence-electron chi connectivity index (χ2n) is 2.47. The van der Waals surface area contributed by atoms with Crippen LogP contribution in [0.5, 0.6) is 5.75 Å². The molecule has 0 heterocycles. The van der Waals surface area contributed by atoms with Gasteiger partial charge in [0.2, 0.25) is 0 Å². The molecule has 0 aliphatic heterocycles. The van der Waals surface area contributed by atoms with Gasteiger partial charge in [-0.25, -0.2) is 0 Å². The molecule has 0 atom stereocenters. The molecule has 1 aromatic rings. The van der Waals surface area contributed by atoms with Gasteiger partial charge in [0.15, 0.2) is 0 Å². The first-order valence-corrected chi connectivity index (χ1v) is 5.31. The van der Waals surface area contributed by atoms with Gasteiger partial charge in [-0.3, -0.25) is 0 Å². The molecule has 0 bridgehead atoms. The van der Waals surface area contributed by atoms with Gasteiger partial charge < -0.3 is 4.74 Å². The van der Waals surface area contributed by atoms with E-state index in [9.17, 15) is 0 Å².